The SMILES string of the molecule is CCCC(O)(CC)Cc1ccccc1.[Cl-].[NH4+]. The highest BCUT2D eigenvalue weighted by Crippen LogP contribution is 2.22. The van der Waals surface area contributed by atoms with Crippen molar-refractivity contribution in [3.8, 4) is 0 Å². The summed E-state index contributed by atoms with van der Waals surface area (Å²) in [5.74, 6) is 0. The van der Waals surface area contributed by atoms with E-state index < -0.39 is 5.60 Å². The molecule has 1 aromatic rings. The molecule has 0 heterocycles. The van der Waals surface area contributed by atoms with Crippen LogP contribution in [0, 0.1) is 0 Å². The largest absolute Gasteiger partial charge is 1.00 e. The molecule has 1 atom stereocenters. The second-order valence-corrected chi connectivity index (χ2v) is 3.99. The summed E-state index contributed by atoms with van der Waals surface area (Å²) in [6.45, 7) is 4.17. The molecule has 0 aliphatic heterocycles. The standard InChI is InChI=1S/C13H20O.ClH.H3N/c1-3-10-13(14,4-2)11-12-8-6-5-7-9-12;;/h5-9,14H,3-4,10-11H2,1-2H3;1H;1H3. The van der Waals surface area contributed by atoms with E-state index in [2.05, 4.69) is 26.0 Å². The Morgan fingerprint density at radius 1 is 1.12 bits per heavy atom. The Balaban J connectivity index is 0. The summed E-state index contributed by atoms with van der Waals surface area (Å²) in [6.07, 6.45) is 3.53. The Hall–Kier alpha value is -0.570. The lowest BCUT2D eigenvalue weighted by Crippen LogP contribution is -3.00. The van der Waals surface area contributed by atoms with Gasteiger partial charge in [-0.15, -0.1) is 0 Å². The first kappa shape index (κ1) is 17.8. The highest BCUT2D eigenvalue weighted by molar-refractivity contribution is 5.16. The summed E-state index contributed by atoms with van der Waals surface area (Å²) in [5.41, 5.74) is 0.723. The Labute approximate surface area is 105 Å². The molecule has 0 spiro atoms. The van der Waals surface area contributed by atoms with Crippen LogP contribution < -0.4 is 18.6 Å². The zero-order chi connectivity index (χ0) is 10.4. The van der Waals surface area contributed by atoms with E-state index in [1.807, 2.05) is 18.2 Å². The van der Waals surface area contributed by atoms with Gasteiger partial charge in [-0.3, -0.25) is 0 Å². The molecule has 2 nitrogen and oxygen atoms in total. The minimum atomic E-state index is -0.504. The molecule has 3 heteroatoms. The van der Waals surface area contributed by atoms with Gasteiger partial charge >= 0.3 is 0 Å². The van der Waals surface area contributed by atoms with Crippen LogP contribution in [0.15, 0.2) is 30.3 Å². The van der Waals surface area contributed by atoms with Crippen LogP contribution in [0.25, 0.3) is 0 Å². The summed E-state index contributed by atoms with van der Waals surface area (Å²) in [7, 11) is 0. The molecular weight excluding hydrogens is 222 g/mol. The van der Waals surface area contributed by atoms with Crippen molar-refractivity contribution in [3.05, 3.63) is 35.9 Å². The number of aliphatic hydroxyl groups is 1. The maximum Gasteiger partial charge on any atom is 0.0685 e. The van der Waals surface area contributed by atoms with E-state index in [0.717, 1.165) is 25.7 Å². The first-order valence-corrected chi connectivity index (χ1v) is 5.46. The molecule has 1 unspecified atom stereocenters. The predicted molar refractivity (Wildman–Crippen MR) is 66.3 cm³/mol. The minimum absolute atomic E-state index is 0. The zero-order valence-corrected chi connectivity index (χ0v) is 11.3. The monoisotopic (exact) mass is 245 g/mol. The summed E-state index contributed by atoms with van der Waals surface area (Å²) >= 11 is 0. The summed E-state index contributed by atoms with van der Waals surface area (Å²) < 4.78 is 0. The molecule has 0 aliphatic carbocycles. The van der Waals surface area contributed by atoms with Gasteiger partial charge in [0.1, 0.15) is 0 Å². The summed E-state index contributed by atoms with van der Waals surface area (Å²) in [6, 6.07) is 10.2. The molecule has 0 radical (unpaired) electrons. The molecule has 1 rings (SSSR count). The minimum Gasteiger partial charge on any atom is -1.00 e. The van der Waals surface area contributed by atoms with Crippen molar-refractivity contribution in [2.75, 3.05) is 0 Å². The van der Waals surface area contributed by atoms with E-state index in [9.17, 15) is 5.11 Å². The van der Waals surface area contributed by atoms with Crippen molar-refractivity contribution in [1.29, 1.82) is 0 Å². The first-order valence-electron chi connectivity index (χ1n) is 5.46. The molecule has 0 aliphatic rings. The molecule has 0 bridgehead atoms. The fourth-order valence-electron chi connectivity index (χ4n) is 1.83. The van der Waals surface area contributed by atoms with E-state index in [4.69, 9.17) is 0 Å². The third-order valence-corrected chi connectivity index (χ3v) is 2.75. The predicted octanol–water partition coefficient (Wildman–Crippen LogP) is 0.551. The van der Waals surface area contributed by atoms with Crippen molar-refractivity contribution >= 4 is 0 Å². The fourth-order valence-corrected chi connectivity index (χ4v) is 1.83. The van der Waals surface area contributed by atoms with Crippen LogP contribution in [0.2, 0.25) is 0 Å². The van der Waals surface area contributed by atoms with Gasteiger partial charge in [-0.1, -0.05) is 50.6 Å². The van der Waals surface area contributed by atoms with Crippen molar-refractivity contribution in [1.82, 2.24) is 6.15 Å². The van der Waals surface area contributed by atoms with Crippen LogP contribution in [0.5, 0.6) is 0 Å². The van der Waals surface area contributed by atoms with Gasteiger partial charge in [-0.05, 0) is 18.4 Å². The average molecular weight is 246 g/mol. The molecule has 0 aromatic heterocycles. The van der Waals surface area contributed by atoms with Gasteiger partial charge in [-0.25, -0.2) is 0 Å². The van der Waals surface area contributed by atoms with Gasteiger partial charge in [0.2, 0.25) is 0 Å². The Morgan fingerprint density at radius 3 is 2.12 bits per heavy atom. The molecule has 16 heavy (non-hydrogen) atoms. The van der Waals surface area contributed by atoms with Crippen molar-refractivity contribution in [2.45, 2.75) is 45.1 Å². The second kappa shape index (κ2) is 8.57. The van der Waals surface area contributed by atoms with Gasteiger partial charge < -0.3 is 23.7 Å². The normalized spacial score (nSPS) is 13.2. The number of halogens is 1. The topological polar surface area (TPSA) is 56.7 Å². The lowest BCUT2D eigenvalue weighted by molar-refractivity contribution is -0.0000210. The molecule has 0 saturated heterocycles. The van der Waals surface area contributed by atoms with Gasteiger partial charge in [0.25, 0.3) is 0 Å². The average Bonchev–Trinajstić information content (AvgIpc) is 2.20. The molecule has 0 amide bonds. The highest BCUT2D eigenvalue weighted by Gasteiger charge is 2.23. The fraction of sp³-hybridized carbons (Fsp3) is 0.538. The number of rotatable bonds is 5. The Kier molecular flexibility index (Phi) is 9.54. The summed E-state index contributed by atoms with van der Waals surface area (Å²) in [5, 5.41) is 10.3. The maximum absolute atomic E-state index is 10.3. The van der Waals surface area contributed by atoms with Crippen LogP contribution in [0.1, 0.15) is 38.7 Å². The van der Waals surface area contributed by atoms with Gasteiger partial charge in [0.15, 0.2) is 0 Å². The van der Waals surface area contributed by atoms with E-state index >= 15 is 0 Å². The molecular formula is C13H24ClNO. The molecule has 0 saturated carbocycles. The van der Waals surface area contributed by atoms with Gasteiger partial charge in [0, 0.05) is 6.42 Å². The third-order valence-electron chi connectivity index (χ3n) is 2.75. The molecule has 94 valence electrons. The second-order valence-electron chi connectivity index (χ2n) is 3.99. The van der Waals surface area contributed by atoms with Crippen molar-refractivity contribution in [2.24, 2.45) is 0 Å². The van der Waals surface area contributed by atoms with Crippen molar-refractivity contribution in [3.63, 3.8) is 0 Å². The van der Waals surface area contributed by atoms with Gasteiger partial charge in [0.05, 0.1) is 5.60 Å². The first-order chi connectivity index (χ1) is 6.70. The zero-order valence-electron chi connectivity index (χ0n) is 10.5. The number of hydrogen-bond donors (Lipinski definition) is 2. The van der Waals surface area contributed by atoms with Crippen molar-refractivity contribution < 1.29 is 17.5 Å². The quantitative estimate of drug-likeness (QED) is 0.782. The summed E-state index contributed by atoms with van der Waals surface area (Å²) in [4.78, 5) is 0. The van der Waals surface area contributed by atoms with Crippen LogP contribution >= 0.6 is 0 Å². The number of hydrogen-bond acceptors (Lipinski definition) is 1. The van der Waals surface area contributed by atoms with E-state index in [0.29, 0.717) is 0 Å². The highest BCUT2D eigenvalue weighted by atomic mass is 35.5. The van der Waals surface area contributed by atoms with Crippen LogP contribution in [-0.2, 0) is 6.42 Å². The maximum atomic E-state index is 10.3. The lowest BCUT2D eigenvalue weighted by Gasteiger charge is -2.26. The molecule has 1 aromatic carbocycles. The van der Waals surface area contributed by atoms with E-state index in [1.54, 1.807) is 0 Å². The van der Waals surface area contributed by atoms with Crippen LogP contribution in [0.4, 0.5) is 0 Å². The Bertz CT molecular complexity index is 266. The van der Waals surface area contributed by atoms with Gasteiger partial charge in [-0.2, -0.15) is 0 Å². The van der Waals surface area contributed by atoms with E-state index in [-0.39, 0.29) is 18.6 Å². The lowest BCUT2D eigenvalue weighted by atomic mass is 9.88. The number of benzene rings is 1. The van der Waals surface area contributed by atoms with Crippen LogP contribution in [-0.4, -0.2) is 10.7 Å². The van der Waals surface area contributed by atoms with Crippen LogP contribution in [0.3, 0.4) is 0 Å². The molecule has 5 N–H and O–H groups in total. The smallest absolute Gasteiger partial charge is 0.0685 e. The Morgan fingerprint density at radius 2 is 1.69 bits per heavy atom. The number of quaternary nitrogens is 1. The third kappa shape index (κ3) is 5.50. The molecule has 0 fully saturated rings. The van der Waals surface area contributed by atoms with E-state index in [1.165, 1.54) is 5.56 Å².